The maximum absolute atomic E-state index is 12.3. The zero-order valence-corrected chi connectivity index (χ0v) is 18.3. The van der Waals surface area contributed by atoms with E-state index in [4.69, 9.17) is 5.73 Å². The Kier molecular flexibility index (Phi) is 7.90. The first kappa shape index (κ1) is 21.9. The molecule has 2 rings (SSSR count). The summed E-state index contributed by atoms with van der Waals surface area (Å²) in [6.45, 7) is 9.08. The topological polar surface area (TPSA) is 72.2 Å². The average Bonchev–Trinajstić information content (AvgIpc) is 2.98. The van der Waals surface area contributed by atoms with E-state index in [1.165, 1.54) is 24.1 Å². The molecular formula is C22H36N2O2S. The van der Waals surface area contributed by atoms with Crippen molar-refractivity contribution in [2.45, 2.75) is 91.9 Å². The highest BCUT2D eigenvalue weighted by Gasteiger charge is 2.34. The normalized spacial score (nSPS) is 16.8. The van der Waals surface area contributed by atoms with E-state index in [-0.39, 0.29) is 11.3 Å². The molecular weight excluding hydrogens is 356 g/mol. The van der Waals surface area contributed by atoms with Crippen molar-refractivity contribution in [1.29, 1.82) is 0 Å². The third-order valence-electron chi connectivity index (χ3n) is 6.29. The third kappa shape index (κ3) is 5.56. The highest BCUT2D eigenvalue weighted by Crippen LogP contribution is 2.45. The number of primary amides is 1. The van der Waals surface area contributed by atoms with Crippen LogP contribution in [0.25, 0.3) is 0 Å². The fourth-order valence-electron chi connectivity index (χ4n) is 3.97. The first-order valence-electron chi connectivity index (χ1n) is 10.5. The number of nitrogens with two attached hydrogens (primary N) is 1. The van der Waals surface area contributed by atoms with Gasteiger partial charge in [-0.15, -0.1) is 11.3 Å². The van der Waals surface area contributed by atoms with Crippen LogP contribution in [-0.4, -0.2) is 11.8 Å². The predicted molar refractivity (Wildman–Crippen MR) is 114 cm³/mol. The Morgan fingerprint density at radius 1 is 1.19 bits per heavy atom. The monoisotopic (exact) mass is 392 g/mol. The minimum atomic E-state index is -0.418. The van der Waals surface area contributed by atoms with Crippen LogP contribution in [-0.2, 0) is 17.6 Å². The number of amides is 2. The van der Waals surface area contributed by atoms with E-state index in [2.05, 4.69) is 33.0 Å². The lowest BCUT2D eigenvalue weighted by molar-refractivity contribution is -0.116. The summed E-state index contributed by atoms with van der Waals surface area (Å²) in [6, 6.07) is 0. The molecule has 0 saturated carbocycles. The van der Waals surface area contributed by atoms with E-state index in [9.17, 15) is 9.59 Å². The standard InChI is InChI=1S/C22H36N2O2S/c1-5-7-8-9-10-11-18(25)24-21-19(20(23)26)16-13-12-15(14-17(16)27-21)22(3,4)6-2/h15H,5-14H2,1-4H3,(H2,23,26)(H,24,25). The maximum Gasteiger partial charge on any atom is 0.251 e. The van der Waals surface area contributed by atoms with Crippen molar-refractivity contribution in [3.05, 3.63) is 16.0 Å². The number of carbonyl (C=O) groups excluding carboxylic acids is 2. The minimum absolute atomic E-state index is 0.00182. The lowest BCUT2D eigenvalue weighted by atomic mass is 9.69. The van der Waals surface area contributed by atoms with E-state index >= 15 is 0 Å². The zero-order chi connectivity index (χ0) is 20.0. The SMILES string of the molecule is CCCCCCCC(=O)Nc1sc2c(c1C(N)=O)CCC(C(C)(C)CC)C2. The van der Waals surface area contributed by atoms with Crippen molar-refractivity contribution in [2.75, 3.05) is 5.32 Å². The van der Waals surface area contributed by atoms with Crippen molar-refractivity contribution in [3.8, 4) is 0 Å². The Morgan fingerprint density at radius 3 is 2.52 bits per heavy atom. The number of nitrogens with one attached hydrogen (secondary N) is 1. The summed E-state index contributed by atoms with van der Waals surface area (Å²) in [4.78, 5) is 25.7. The summed E-state index contributed by atoms with van der Waals surface area (Å²) in [6.07, 6.45) is 10.2. The Hall–Kier alpha value is -1.36. The van der Waals surface area contributed by atoms with Crippen molar-refractivity contribution in [2.24, 2.45) is 17.1 Å². The molecule has 0 aromatic carbocycles. The van der Waals surface area contributed by atoms with E-state index in [0.29, 0.717) is 22.9 Å². The van der Waals surface area contributed by atoms with E-state index in [1.54, 1.807) is 11.3 Å². The molecule has 1 aromatic heterocycles. The highest BCUT2D eigenvalue weighted by atomic mass is 32.1. The molecule has 0 radical (unpaired) electrons. The second kappa shape index (κ2) is 9.72. The molecule has 1 aliphatic rings. The maximum atomic E-state index is 12.3. The molecule has 0 saturated heterocycles. The van der Waals surface area contributed by atoms with Gasteiger partial charge in [0.1, 0.15) is 5.00 Å². The minimum Gasteiger partial charge on any atom is -0.365 e. The molecule has 5 heteroatoms. The van der Waals surface area contributed by atoms with Gasteiger partial charge >= 0.3 is 0 Å². The molecule has 27 heavy (non-hydrogen) atoms. The van der Waals surface area contributed by atoms with Crippen LogP contribution in [0.1, 0.15) is 99.9 Å². The largest absolute Gasteiger partial charge is 0.365 e. The van der Waals surface area contributed by atoms with Crippen molar-refractivity contribution < 1.29 is 9.59 Å². The van der Waals surface area contributed by atoms with Crippen LogP contribution >= 0.6 is 11.3 Å². The fourth-order valence-corrected chi connectivity index (χ4v) is 5.32. The first-order valence-corrected chi connectivity index (χ1v) is 11.4. The number of unbranched alkanes of at least 4 members (excludes halogenated alkanes) is 4. The molecule has 0 fully saturated rings. The molecule has 1 atom stereocenters. The van der Waals surface area contributed by atoms with Gasteiger partial charge in [-0.05, 0) is 42.6 Å². The summed E-state index contributed by atoms with van der Waals surface area (Å²) in [5, 5.41) is 3.65. The Bertz CT molecular complexity index is 664. The molecule has 4 nitrogen and oxygen atoms in total. The van der Waals surface area contributed by atoms with Crippen LogP contribution in [0.15, 0.2) is 0 Å². The van der Waals surface area contributed by atoms with Gasteiger partial charge in [0, 0.05) is 11.3 Å². The van der Waals surface area contributed by atoms with Gasteiger partial charge in [-0.25, -0.2) is 0 Å². The fraction of sp³-hybridized carbons (Fsp3) is 0.727. The van der Waals surface area contributed by atoms with E-state index < -0.39 is 5.91 Å². The number of carbonyl (C=O) groups is 2. The van der Waals surface area contributed by atoms with Crippen molar-refractivity contribution in [1.82, 2.24) is 0 Å². The van der Waals surface area contributed by atoms with Gasteiger partial charge in [-0.2, -0.15) is 0 Å². The smallest absolute Gasteiger partial charge is 0.251 e. The van der Waals surface area contributed by atoms with Crippen LogP contribution in [0.3, 0.4) is 0 Å². The number of anilines is 1. The van der Waals surface area contributed by atoms with Crippen LogP contribution < -0.4 is 11.1 Å². The molecule has 0 bridgehead atoms. The molecule has 3 N–H and O–H groups in total. The number of rotatable bonds is 10. The number of thiophene rings is 1. The third-order valence-corrected chi connectivity index (χ3v) is 7.46. The van der Waals surface area contributed by atoms with Gasteiger partial charge in [-0.1, -0.05) is 59.8 Å². The van der Waals surface area contributed by atoms with Crippen molar-refractivity contribution in [3.63, 3.8) is 0 Å². The molecule has 0 aliphatic heterocycles. The predicted octanol–water partition coefficient (Wildman–Crippen LogP) is 5.69. The van der Waals surface area contributed by atoms with Crippen LogP contribution in [0.5, 0.6) is 0 Å². The van der Waals surface area contributed by atoms with E-state index in [1.807, 2.05) is 0 Å². The summed E-state index contributed by atoms with van der Waals surface area (Å²) >= 11 is 1.56. The number of fused-ring (bicyclic) bond motifs is 1. The molecule has 2 amide bonds. The summed E-state index contributed by atoms with van der Waals surface area (Å²) in [5.41, 5.74) is 7.60. The Morgan fingerprint density at radius 2 is 1.89 bits per heavy atom. The number of hydrogen-bond acceptors (Lipinski definition) is 3. The second-order valence-electron chi connectivity index (χ2n) is 8.57. The van der Waals surface area contributed by atoms with Gasteiger partial charge in [0.2, 0.25) is 5.91 Å². The summed E-state index contributed by atoms with van der Waals surface area (Å²) in [7, 11) is 0. The molecule has 0 spiro atoms. The van der Waals surface area contributed by atoms with Gasteiger partial charge in [0.15, 0.2) is 0 Å². The molecule has 1 unspecified atom stereocenters. The molecule has 152 valence electrons. The van der Waals surface area contributed by atoms with Gasteiger partial charge in [0.25, 0.3) is 5.91 Å². The van der Waals surface area contributed by atoms with Gasteiger partial charge in [-0.3, -0.25) is 9.59 Å². The molecule has 1 aromatic rings. The zero-order valence-electron chi connectivity index (χ0n) is 17.5. The van der Waals surface area contributed by atoms with Crippen LogP contribution in [0.2, 0.25) is 0 Å². The van der Waals surface area contributed by atoms with Crippen LogP contribution in [0.4, 0.5) is 5.00 Å². The van der Waals surface area contributed by atoms with Crippen LogP contribution in [0, 0.1) is 11.3 Å². The van der Waals surface area contributed by atoms with E-state index in [0.717, 1.165) is 44.1 Å². The lowest BCUT2D eigenvalue weighted by Gasteiger charge is -2.36. The Labute approximate surface area is 168 Å². The number of hydrogen-bond donors (Lipinski definition) is 2. The second-order valence-corrected chi connectivity index (χ2v) is 9.67. The average molecular weight is 393 g/mol. The first-order chi connectivity index (χ1) is 12.8. The summed E-state index contributed by atoms with van der Waals surface area (Å²) in [5.74, 6) is 0.188. The Balaban J connectivity index is 2.08. The van der Waals surface area contributed by atoms with Gasteiger partial charge < -0.3 is 11.1 Å². The van der Waals surface area contributed by atoms with Gasteiger partial charge in [0.05, 0.1) is 5.56 Å². The van der Waals surface area contributed by atoms with Crippen molar-refractivity contribution >= 4 is 28.2 Å². The molecule has 1 aliphatic carbocycles. The molecule has 1 heterocycles. The lowest BCUT2D eigenvalue weighted by Crippen LogP contribution is -2.29. The summed E-state index contributed by atoms with van der Waals surface area (Å²) < 4.78 is 0. The highest BCUT2D eigenvalue weighted by molar-refractivity contribution is 7.17. The quantitative estimate of drug-likeness (QED) is 0.502.